The highest BCUT2D eigenvalue weighted by Crippen LogP contribution is 2.63. The number of aryl methyl sites for hydroxylation is 1. The first-order valence-corrected chi connectivity index (χ1v) is 19.9. The molecule has 3 aliphatic rings. The first-order valence-electron chi connectivity index (χ1n) is 19.0. The number of unbranched alkanes of at least 4 members (excludes halogenated alkanes) is 2. The van der Waals surface area contributed by atoms with Crippen LogP contribution in [0.2, 0.25) is 0 Å². The third kappa shape index (κ3) is 8.86. The Morgan fingerprint density at radius 1 is 1.09 bits per heavy atom. The number of ether oxygens (including phenoxy) is 3. The van der Waals surface area contributed by atoms with E-state index in [-0.39, 0.29) is 54.6 Å². The van der Waals surface area contributed by atoms with Gasteiger partial charge >= 0.3 is 0 Å². The Balaban J connectivity index is 1.49. The van der Waals surface area contributed by atoms with E-state index in [4.69, 9.17) is 19.0 Å². The zero-order chi connectivity index (χ0) is 38.1. The van der Waals surface area contributed by atoms with Crippen LogP contribution in [0, 0.1) is 24.7 Å². The number of allylic oxidation sites excluding steroid dienone is 1. The van der Waals surface area contributed by atoms with Crippen molar-refractivity contribution in [2.45, 2.75) is 87.3 Å². The number of oxime groups is 1. The van der Waals surface area contributed by atoms with Gasteiger partial charge in [-0.1, -0.05) is 36.2 Å². The second-order valence-electron chi connectivity index (χ2n) is 14.3. The molecule has 3 N–H and O–H groups in total. The van der Waals surface area contributed by atoms with Crippen molar-refractivity contribution in [1.29, 1.82) is 0 Å². The molecule has 2 aromatic carbocycles. The van der Waals surface area contributed by atoms with Gasteiger partial charge in [-0.2, -0.15) is 0 Å². The van der Waals surface area contributed by atoms with Crippen LogP contribution in [0.3, 0.4) is 0 Å². The van der Waals surface area contributed by atoms with Crippen LogP contribution in [0.1, 0.15) is 74.7 Å². The van der Waals surface area contributed by atoms with Gasteiger partial charge in [0.25, 0.3) is 0 Å². The lowest BCUT2D eigenvalue weighted by molar-refractivity contribution is -0.223. The Labute approximate surface area is 323 Å². The van der Waals surface area contributed by atoms with Gasteiger partial charge in [0.1, 0.15) is 25.2 Å². The molecule has 0 saturated heterocycles. The zero-order valence-electron chi connectivity index (χ0n) is 31.5. The van der Waals surface area contributed by atoms with E-state index in [0.29, 0.717) is 19.4 Å². The van der Waals surface area contributed by atoms with Crippen LogP contribution in [0.15, 0.2) is 95.0 Å². The van der Waals surface area contributed by atoms with Crippen LogP contribution >= 0.6 is 11.8 Å². The van der Waals surface area contributed by atoms with Crippen molar-refractivity contribution in [3.63, 3.8) is 0 Å². The highest BCUT2D eigenvalue weighted by atomic mass is 32.2. The number of nitrogens with one attached hydrogen (secondary N) is 1. The van der Waals surface area contributed by atoms with Crippen LogP contribution in [0.4, 0.5) is 5.69 Å². The van der Waals surface area contributed by atoms with Gasteiger partial charge in [-0.05, 0) is 105 Å². The van der Waals surface area contributed by atoms with Crippen molar-refractivity contribution in [3.8, 4) is 11.5 Å². The molecule has 1 aliphatic heterocycles. The van der Waals surface area contributed by atoms with Crippen LogP contribution in [0.5, 0.6) is 11.5 Å². The van der Waals surface area contributed by atoms with Gasteiger partial charge in [0.15, 0.2) is 0 Å². The summed E-state index contributed by atoms with van der Waals surface area (Å²) in [5.41, 5.74) is 5.51. The van der Waals surface area contributed by atoms with Gasteiger partial charge in [0, 0.05) is 54.3 Å². The van der Waals surface area contributed by atoms with Crippen molar-refractivity contribution in [2.24, 2.45) is 22.9 Å². The van der Waals surface area contributed by atoms with Crippen molar-refractivity contribution in [3.05, 3.63) is 102 Å². The number of amides is 1. The second-order valence-corrected chi connectivity index (χ2v) is 15.6. The molecule has 3 aromatic rings. The predicted molar refractivity (Wildman–Crippen MR) is 212 cm³/mol. The number of carbonyl (C=O) groups is 1. The number of hydrogen-bond donors (Lipinski definition) is 3. The lowest BCUT2D eigenvalue weighted by Gasteiger charge is -2.58. The zero-order valence-corrected chi connectivity index (χ0v) is 32.4. The van der Waals surface area contributed by atoms with Crippen molar-refractivity contribution in [1.82, 2.24) is 4.98 Å². The van der Waals surface area contributed by atoms with Crippen LogP contribution in [-0.4, -0.2) is 64.8 Å². The first-order chi connectivity index (χ1) is 26.3. The number of thioether (sulfide) groups is 1. The molecule has 1 aromatic heterocycles. The number of hydrogen-bond acceptors (Lipinski definition) is 10. The molecule has 288 valence electrons. The Bertz CT molecular complexity index is 1810. The number of aromatic nitrogens is 1. The summed E-state index contributed by atoms with van der Waals surface area (Å²) in [6.45, 7) is 8.39. The Hall–Kier alpha value is -4.16. The van der Waals surface area contributed by atoms with Crippen molar-refractivity contribution < 1.29 is 34.1 Å². The van der Waals surface area contributed by atoms with Gasteiger partial charge in [-0.25, -0.2) is 0 Å². The maximum absolute atomic E-state index is 11.7. The highest BCUT2D eigenvalue weighted by Gasteiger charge is 2.64. The lowest BCUT2D eigenvalue weighted by atomic mass is 9.56. The number of rotatable bonds is 18. The van der Waals surface area contributed by atoms with Crippen molar-refractivity contribution in [2.75, 3.05) is 32.2 Å². The monoisotopic (exact) mass is 755 g/mol. The molecule has 6 unspecified atom stereocenters. The fourth-order valence-electron chi connectivity index (χ4n) is 8.45. The molecule has 6 atom stereocenters. The van der Waals surface area contributed by atoms with E-state index in [1.54, 1.807) is 24.9 Å². The molecule has 1 saturated carbocycles. The molecule has 54 heavy (non-hydrogen) atoms. The van der Waals surface area contributed by atoms with Gasteiger partial charge in [0.05, 0.1) is 29.2 Å². The number of aliphatic hydroxyl groups excluding tert-OH is 2. The van der Waals surface area contributed by atoms with E-state index in [0.717, 1.165) is 82.4 Å². The number of benzene rings is 2. The third-order valence-corrected chi connectivity index (χ3v) is 11.9. The van der Waals surface area contributed by atoms with Gasteiger partial charge in [0.2, 0.25) is 11.7 Å². The lowest BCUT2D eigenvalue weighted by Crippen LogP contribution is -2.64. The van der Waals surface area contributed by atoms with E-state index in [9.17, 15) is 15.0 Å². The van der Waals surface area contributed by atoms with Gasteiger partial charge in [-0.3, -0.25) is 9.78 Å². The summed E-state index contributed by atoms with van der Waals surface area (Å²) in [6.07, 6.45) is 9.67. The molecule has 1 fully saturated rings. The molecule has 1 amide bonds. The van der Waals surface area contributed by atoms with E-state index in [2.05, 4.69) is 34.2 Å². The van der Waals surface area contributed by atoms with E-state index >= 15 is 0 Å². The summed E-state index contributed by atoms with van der Waals surface area (Å²) in [6, 6.07) is 19.8. The van der Waals surface area contributed by atoms with Crippen molar-refractivity contribution >= 4 is 29.1 Å². The smallest absolute Gasteiger partial charge is 0.231 e. The molecule has 0 spiro atoms. The number of fused-ring (bicyclic) bond motifs is 2. The number of carbonyl (C=O) groups excluding carboxylic acids is 1. The Kier molecular flexibility index (Phi) is 13.5. The summed E-state index contributed by atoms with van der Waals surface area (Å²) in [5, 5.41) is 26.9. The fourth-order valence-corrected chi connectivity index (χ4v) is 9.74. The van der Waals surface area contributed by atoms with Crippen LogP contribution < -0.4 is 14.8 Å². The Morgan fingerprint density at radius 3 is 2.57 bits per heavy atom. The first kappa shape index (κ1) is 39.5. The third-order valence-electron chi connectivity index (χ3n) is 10.6. The summed E-state index contributed by atoms with van der Waals surface area (Å²) in [7, 11) is 1.59. The number of nitrogens with zero attached hydrogens (tertiary/aromatic N) is 2. The molecule has 2 heterocycles. The average molecular weight is 756 g/mol. The minimum absolute atomic E-state index is 0.0513. The van der Waals surface area contributed by atoms with E-state index in [1.165, 1.54) is 6.92 Å². The summed E-state index contributed by atoms with van der Waals surface area (Å²) in [4.78, 5) is 22.9. The number of anilines is 1. The standard InChI is InChI=1S/C43H53N3O7S/c1-5-23-52-43-40(54-34-18-15-31(16-19-34)45-29(3)49)26-38(46-50-4)36-24-30(12-6-8-21-47)35(14-7-9-22-48)41(42(36)43)37-25-33(17-20-39(37)53-43)51-27-32-13-10-11-28(2)44-32/h5,10-11,13,15-20,24-25,30,35,40-42,47-48H,1,6-9,12,14,21-23,26-27H2,2-4H3,(H,45,49). The molecule has 11 heteroatoms. The largest absolute Gasteiger partial charge is 0.487 e. The van der Waals surface area contributed by atoms with Crippen LogP contribution in [-0.2, 0) is 21.0 Å². The summed E-state index contributed by atoms with van der Waals surface area (Å²) in [5.74, 6) is 0.303. The topological polar surface area (TPSA) is 132 Å². The summed E-state index contributed by atoms with van der Waals surface area (Å²) < 4.78 is 20.7. The molecule has 6 rings (SSSR count). The minimum Gasteiger partial charge on any atom is -0.487 e. The molecular weight excluding hydrogens is 703 g/mol. The van der Waals surface area contributed by atoms with Gasteiger partial charge in [-0.15, -0.1) is 18.3 Å². The van der Waals surface area contributed by atoms with Crippen LogP contribution in [0.25, 0.3) is 0 Å². The van der Waals surface area contributed by atoms with E-state index in [1.807, 2.05) is 61.5 Å². The SMILES string of the molecule is C=CCOC12Oc3ccc(OCc4cccc(C)n4)cc3C3C(CCCCO)C(CCCCO)C=C(C(=NOC)CC1Sc1ccc(NC(C)=O)cc1)C32. The fraction of sp³-hybridized carbons (Fsp3) is 0.465. The minimum atomic E-state index is -1.11. The normalized spacial score (nSPS) is 24.8. The molecule has 10 nitrogen and oxygen atoms in total. The highest BCUT2D eigenvalue weighted by molar-refractivity contribution is 8.00. The number of aliphatic hydroxyl groups is 2. The molecular formula is C43H53N3O7S. The average Bonchev–Trinajstić information content (AvgIpc) is 3.16. The van der Waals surface area contributed by atoms with E-state index < -0.39 is 5.79 Å². The maximum atomic E-state index is 11.7. The maximum Gasteiger partial charge on any atom is 0.231 e. The second kappa shape index (κ2) is 18.4. The summed E-state index contributed by atoms with van der Waals surface area (Å²) >= 11 is 1.67. The predicted octanol–water partition coefficient (Wildman–Crippen LogP) is 7.98. The Morgan fingerprint density at radius 2 is 1.87 bits per heavy atom. The molecule has 0 bridgehead atoms. The quantitative estimate of drug-likeness (QED) is 0.0672. The molecule has 0 radical (unpaired) electrons. The van der Waals surface area contributed by atoms with Gasteiger partial charge < -0.3 is 34.6 Å². The molecule has 2 aliphatic carbocycles. The number of pyridine rings is 1.